The molecule has 234 valence electrons. The summed E-state index contributed by atoms with van der Waals surface area (Å²) < 4.78 is 2.47. The topological polar surface area (TPSA) is 11.4 Å². The monoisotopic (exact) mass is 629 g/mol. The van der Waals surface area contributed by atoms with E-state index in [-0.39, 0.29) is 0 Å². The number of anilines is 6. The average Bonchev–Trinajstić information content (AvgIpc) is 3.48. The molecule has 8 aromatic carbocycles. The molecule has 1 aromatic heterocycles. The lowest BCUT2D eigenvalue weighted by atomic mass is 10.1. The van der Waals surface area contributed by atoms with Crippen molar-refractivity contribution in [2.24, 2.45) is 0 Å². The molecule has 0 bridgehead atoms. The Balaban J connectivity index is 1.25. The van der Waals surface area contributed by atoms with Crippen molar-refractivity contribution in [3.63, 3.8) is 0 Å². The van der Waals surface area contributed by atoms with Crippen LogP contribution < -0.4 is 9.80 Å². The lowest BCUT2D eigenvalue weighted by molar-refractivity contribution is 0.827. The largest absolute Gasteiger partial charge is 0.341 e. The van der Waals surface area contributed by atoms with Crippen molar-refractivity contribution in [3.05, 3.63) is 182 Å². The first-order valence-electron chi connectivity index (χ1n) is 17.0. The van der Waals surface area contributed by atoms with Gasteiger partial charge >= 0.3 is 0 Å². The first-order chi connectivity index (χ1) is 24.3. The van der Waals surface area contributed by atoms with Crippen molar-refractivity contribution in [3.8, 4) is 0 Å². The summed E-state index contributed by atoms with van der Waals surface area (Å²) in [6.07, 6.45) is 0. The zero-order chi connectivity index (χ0) is 32.7. The number of nitrogens with zero attached hydrogens (tertiary/aromatic N) is 3. The van der Waals surface area contributed by atoms with E-state index in [1.165, 1.54) is 54.7 Å². The van der Waals surface area contributed by atoms with Gasteiger partial charge in [0.25, 0.3) is 0 Å². The molecule has 0 aliphatic heterocycles. The van der Waals surface area contributed by atoms with Crippen molar-refractivity contribution >= 4 is 77.5 Å². The van der Waals surface area contributed by atoms with Crippen molar-refractivity contribution in [2.45, 2.75) is 13.5 Å². The van der Waals surface area contributed by atoms with Crippen molar-refractivity contribution in [2.75, 3.05) is 9.80 Å². The molecule has 0 radical (unpaired) electrons. The number of para-hydroxylation sites is 2. The van der Waals surface area contributed by atoms with Crippen molar-refractivity contribution in [1.82, 2.24) is 4.57 Å². The van der Waals surface area contributed by atoms with Gasteiger partial charge in [-0.2, -0.15) is 0 Å². The van der Waals surface area contributed by atoms with Crippen molar-refractivity contribution < 1.29 is 0 Å². The molecule has 49 heavy (non-hydrogen) atoms. The number of rotatable bonds is 7. The lowest BCUT2D eigenvalue weighted by Gasteiger charge is -2.27. The van der Waals surface area contributed by atoms with E-state index in [1.54, 1.807) is 0 Å². The molecule has 0 spiro atoms. The number of aromatic nitrogens is 1. The number of hydrogen-bond acceptors (Lipinski definition) is 2. The smallest absolute Gasteiger partial charge is 0.0540 e. The summed E-state index contributed by atoms with van der Waals surface area (Å²) >= 11 is 0. The van der Waals surface area contributed by atoms with Gasteiger partial charge in [-0.3, -0.25) is 0 Å². The molecular formula is C46H35N3. The molecule has 1 heterocycles. The van der Waals surface area contributed by atoms with E-state index in [0.717, 1.165) is 29.3 Å². The summed E-state index contributed by atoms with van der Waals surface area (Å²) in [6.45, 7) is 3.10. The molecule has 0 saturated carbocycles. The van der Waals surface area contributed by atoms with Gasteiger partial charge in [-0.05, 0) is 78.4 Å². The maximum absolute atomic E-state index is 2.47. The molecule has 3 nitrogen and oxygen atoms in total. The van der Waals surface area contributed by atoms with Crippen LogP contribution in [-0.2, 0) is 6.54 Å². The van der Waals surface area contributed by atoms with Crippen LogP contribution >= 0.6 is 0 Å². The zero-order valence-corrected chi connectivity index (χ0v) is 27.4. The molecule has 0 unspecified atom stereocenters. The third kappa shape index (κ3) is 4.90. The Morgan fingerprint density at radius 3 is 1.22 bits per heavy atom. The number of fused-ring (bicyclic) bond motifs is 5. The van der Waals surface area contributed by atoms with Gasteiger partial charge in [-0.25, -0.2) is 0 Å². The summed E-state index contributed by atoms with van der Waals surface area (Å²) in [5.41, 5.74) is 9.32. The molecule has 0 amide bonds. The Morgan fingerprint density at radius 1 is 0.367 bits per heavy atom. The molecule has 0 saturated heterocycles. The SMILES string of the molecule is CCn1c2cc(N(c3ccccc3)c3cccc4ccccc34)ccc2c2ccc(N(c3ccccc3)c3cccc4ccccc34)cc21. The van der Waals surface area contributed by atoms with E-state index in [2.05, 4.69) is 203 Å². The van der Waals surface area contributed by atoms with Gasteiger partial charge < -0.3 is 14.4 Å². The van der Waals surface area contributed by atoms with Crippen molar-refractivity contribution in [1.29, 1.82) is 0 Å². The predicted octanol–water partition coefficient (Wildman–Crippen LogP) is 13.1. The Bertz CT molecular complexity index is 2410. The highest BCUT2D eigenvalue weighted by molar-refractivity contribution is 6.11. The van der Waals surface area contributed by atoms with E-state index >= 15 is 0 Å². The van der Waals surface area contributed by atoms with Crippen LogP contribution in [0.15, 0.2) is 182 Å². The molecule has 0 aliphatic rings. The normalized spacial score (nSPS) is 11.4. The fourth-order valence-electron chi connectivity index (χ4n) is 7.51. The molecule has 0 fully saturated rings. The van der Waals surface area contributed by atoms with Crippen LogP contribution in [0.3, 0.4) is 0 Å². The first kappa shape index (κ1) is 28.9. The summed E-state index contributed by atoms with van der Waals surface area (Å²) in [5.74, 6) is 0. The number of benzene rings is 8. The van der Waals surface area contributed by atoms with Gasteiger partial charge in [0, 0.05) is 50.8 Å². The highest BCUT2D eigenvalue weighted by Crippen LogP contribution is 2.44. The van der Waals surface area contributed by atoms with Crippen LogP contribution in [0.4, 0.5) is 34.1 Å². The maximum Gasteiger partial charge on any atom is 0.0540 e. The molecule has 9 rings (SSSR count). The Kier molecular flexibility index (Phi) is 7.09. The second-order valence-corrected chi connectivity index (χ2v) is 12.5. The van der Waals surface area contributed by atoms with Crippen LogP contribution in [0.1, 0.15) is 6.92 Å². The maximum atomic E-state index is 2.47. The second-order valence-electron chi connectivity index (χ2n) is 12.5. The summed E-state index contributed by atoms with van der Waals surface area (Å²) in [4.78, 5) is 4.78. The highest BCUT2D eigenvalue weighted by atomic mass is 15.2. The van der Waals surface area contributed by atoms with Gasteiger partial charge in [0.05, 0.1) is 22.4 Å². The Labute approximate surface area is 286 Å². The Hall–Kier alpha value is -6.32. The van der Waals surface area contributed by atoms with E-state index in [9.17, 15) is 0 Å². The fraction of sp³-hybridized carbons (Fsp3) is 0.0435. The Morgan fingerprint density at radius 2 is 0.776 bits per heavy atom. The zero-order valence-electron chi connectivity index (χ0n) is 27.4. The average molecular weight is 630 g/mol. The minimum absolute atomic E-state index is 0.853. The van der Waals surface area contributed by atoms with Gasteiger partial charge in [0.1, 0.15) is 0 Å². The summed E-state index contributed by atoms with van der Waals surface area (Å²) in [7, 11) is 0. The molecule has 0 N–H and O–H groups in total. The summed E-state index contributed by atoms with van der Waals surface area (Å²) in [6, 6.07) is 65.7. The third-order valence-corrected chi connectivity index (χ3v) is 9.71. The number of hydrogen-bond donors (Lipinski definition) is 0. The minimum Gasteiger partial charge on any atom is -0.341 e. The number of aryl methyl sites for hydroxylation is 1. The lowest BCUT2D eigenvalue weighted by Crippen LogP contribution is -2.10. The third-order valence-electron chi connectivity index (χ3n) is 9.71. The van der Waals surface area contributed by atoms with E-state index in [0.29, 0.717) is 0 Å². The molecule has 0 aliphatic carbocycles. The highest BCUT2D eigenvalue weighted by Gasteiger charge is 2.20. The quantitative estimate of drug-likeness (QED) is 0.174. The minimum atomic E-state index is 0.853. The van der Waals surface area contributed by atoms with Crippen LogP contribution in [0.25, 0.3) is 43.4 Å². The van der Waals surface area contributed by atoms with E-state index in [1.807, 2.05) is 0 Å². The molecular weight excluding hydrogens is 595 g/mol. The standard InChI is InChI=1S/C46H35N3/c1-2-47-45-31-37(48(35-19-5-3-6-20-35)43-25-13-17-33-15-9-11-23-39(33)43)27-29-41(45)42-30-28-38(32-46(42)47)49(36-21-7-4-8-22-36)44-26-14-18-34-16-10-12-24-40(34)44/h3-32H,2H2,1H3. The van der Waals surface area contributed by atoms with Gasteiger partial charge in [0.15, 0.2) is 0 Å². The predicted molar refractivity (Wildman–Crippen MR) is 209 cm³/mol. The van der Waals surface area contributed by atoms with Gasteiger partial charge in [-0.1, -0.05) is 121 Å². The molecule has 9 aromatic rings. The van der Waals surface area contributed by atoms with Crippen LogP contribution in [-0.4, -0.2) is 4.57 Å². The fourth-order valence-corrected chi connectivity index (χ4v) is 7.51. The van der Waals surface area contributed by atoms with Gasteiger partial charge in [-0.15, -0.1) is 0 Å². The van der Waals surface area contributed by atoms with E-state index in [4.69, 9.17) is 0 Å². The van der Waals surface area contributed by atoms with Crippen LogP contribution in [0.2, 0.25) is 0 Å². The van der Waals surface area contributed by atoms with Gasteiger partial charge in [0.2, 0.25) is 0 Å². The van der Waals surface area contributed by atoms with Crippen LogP contribution in [0.5, 0.6) is 0 Å². The second kappa shape index (κ2) is 12.0. The summed E-state index contributed by atoms with van der Waals surface area (Å²) in [5, 5.41) is 7.43. The van der Waals surface area contributed by atoms with E-state index < -0.39 is 0 Å². The van der Waals surface area contributed by atoms with Crippen LogP contribution in [0, 0.1) is 0 Å². The molecule has 0 atom stereocenters. The molecule has 3 heteroatoms. The first-order valence-corrected chi connectivity index (χ1v) is 17.0.